The summed E-state index contributed by atoms with van der Waals surface area (Å²) < 4.78 is 0. The molecule has 0 fully saturated rings. The van der Waals surface area contributed by atoms with E-state index >= 15 is 0 Å². The van der Waals surface area contributed by atoms with Gasteiger partial charge in [-0.15, -0.1) is 0 Å². The number of hydrogen-bond donors (Lipinski definition) is 2. The summed E-state index contributed by atoms with van der Waals surface area (Å²) in [6, 6.07) is 8.56. The molecule has 0 saturated heterocycles. The van der Waals surface area contributed by atoms with Gasteiger partial charge in [0.25, 0.3) is 0 Å². The highest BCUT2D eigenvalue weighted by Crippen LogP contribution is 2.36. The fourth-order valence-electron chi connectivity index (χ4n) is 6.16. The molecule has 2 N–H and O–H groups in total. The molecule has 6 nitrogen and oxygen atoms in total. The highest BCUT2D eigenvalue weighted by atomic mass is 16.1. The normalized spacial score (nSPS) is 13.3. The lowest BCUT2D eigenvalue weighted by molar-refractivity contribution is -0.108. The molecule has 0 aliphatic carbocycles. The van der Waals surface area contributed by atoms with Gasteiger partial charge in [0, 0.05) is 34.9 Å². The Labute approximate surface area is 235 Å². The molecule has 2 aliphatic rings. The zero-order valence-corrected chi connectivity index (χ0v) is 24.4. The molecule has 8 bridgehead atoms. The molecule has 0 atom stereocenters. The molecular weight excluding hydrogens is 496 g/mol. The summed E-state index contributed by atoms with van der Waals surface area (Å²) in [4.78, 5) is 40.2. The Kier molecular flexibility index (Phi) is 7.70. The number of nitrogens with one attached hydrogen (secondary N) is 2. The Hall–Kier alpha value is -4.06. The highest BCUT2D eigenvalue weighted by Gasteiger charge is 2.20. The molecule has 3 aromatic heterocycles. The van der Waals surface area contributed by atoms with Crippen molar-refractivity contribution < 1.29 is 9.59 Å². The molecule has 0 saturated carbocycles. The average Bonchev–Trinajstić information content (AvgIpc) is 3.59. The number of rotatable bonds is 8. The Balaban J connectivity index is 1.95. The van der Waals surface area contributed by atoms with E-state index < -0.39 is 0 Å². The molecule has 0 radical (unpaired) electrons. The summed E-state index contributed by atoms with van der Waals surface area (Å²) in [6.45, 7) is 12.9. The minimum absolute atomic E-state index is 0.443. The predicted molar refractivity (Wildman–Crippen MR) is 165 cm³/mol. The fourth-order valence-corrected chi connectivity index (χ4v) is 6.16. The van der Waals surface area contributed by atoms with Crippen molar-refractivity contribution in [3.05, 3.63) is 69.3 Å². The van der Waals surface area contributed by atoms with Crippen LogP contribution in [0.4, 0.5) is 0 Å². The number of carbonyl (C=O) groups is 2. The van der Waals surface area contributed by atoms with Crippen molar-refractivity contribution in [2.45, 2.75) is 80.1 Å². The monoisotopic (exact) mass is 534 g/mol. The van der Waals surface area contributed by atoms with Crippen LogP contribution >= 0.6 is 0 Å². The number of fused-ring (bicyclic) bond motifs is 8. The summed E-state index contributed by atoms with van der Waals surface area (Å²) in [7, 11) is 0. The average molecular weight is 535 g/mol. The van der Waals surface area contributed by atoms with Gasteiger partial charge in [0.15, 0.2) is 0 Å². The van der Waals surface area contributed by atoms with Gasteiger partial charge in [-0.05, 0) is 122 Å². The molecule has 206 valence electrons. The van der Waals surface area contributed by atoms with Crippen molar-refractivity contribution in [3.63, 3.8) is 0 Å². The van der Waals surface area contributed by atoms with Crippen LogP contribution in [-0.2, 0) is 22.4 Å². The zero-order chi connectivity index (χ0) is 28.6. The van der Waals surface area contributed by atoms with Gasteiger partial charge in [-0.3, -0.25) is 0 Å². The van der Waals surface area contributed by atoms with Gasteiger partial charge >= 0.3 is 0 Å². The van der Waals surface area contributed by atoms with Crippen LogP contribution in [0.15, 0.2) is 24.3 Å². The minimum Gasteiger partial charge on any atom is -0.355 e. The fraction of sp³-hybridized carbons (Fsp3) is 0.353. The van der Waals surface area contributed by atoms with E-state index in [1.807, 2.05) is 0 Å². The van der Waals surface area contributed by atoms with Crippen LogP contribution in [0, 0.1) is 13.8 Å². The first kappa shape index (κ1) is 27.5. The number of carbonyl (C=O) groups excluding carboxylic acids is 2. The van der Waals surface area contributed by atoms with E-state index in [4.69, 9.17) is 9.97 Å². The molecule has 40 heavy (non-hydrogen) atoms. The van der Waals surface area contributed by atoms with Crippen molar-refractivity contribution in [1.29, 1.82) is 0 Å². The maximum Gasteiger partial charge on any atom is 0.120 e. The molecular formula is C34H38N4O2. The largest absolute Gasteiger partial charge is 0.355 e. The minimum atomic E-state index is 0.443. The van der Waals surface area contributed by atoms with Crippen molar-refractivity contribution >= 4 is 56.9 Å². The van der Waals surface area contributed by atoms with E-state index in [9.17, 15) is 9.59 Å². The van der Waals surface area contributed by atoms with Crippen LogP contribution in [0.25, 0.3) is 44.4 Å². The summed E-state index contributed by atoms with van der Waals surface area (Å²) in [6.07, 6.45) is 5.90. The zero-order valence-electron chi connectivity index (χ0n) is 24.4. The second-order valence-corrected chi connectivity index (χ2v) is 10.8. The van der Waals surface area contributed by atoms with E-state index in [2.05, 4.69) is 75.8 Å². The highest BCUT2D eigenvalue weighted by molar-refractivity contribution is 5.95. The number of aromatic amines is 2. The lowest BCUT2D eigenvalue weighted by Gasteiger charge is -2.02. The maximum absolute atomic E-state index is 11.3. The molecule has 6 heteroatoms. The number of allylic oxidation sites excluding steroid dienone is 4. The molecule has 5 heterocycles. The topological polar surface area (TPSA) is 91.5 Å². The second-order valence-electron chi connectivity index (χ2n) is 10.8. The molecule has 3 aromatic rings. The van der Waals surface area contributed by atoms with Gasteiger partial charge < -0.3 is 19.6 Å². The van der Waals surface area contributed by atoms with Crippen LogP contribution in [-0.4, -0.2) is 32.5 Å². The lowest BCUT2D eigenvalue weighted by atomic mass is 10.0. The van der Waals surface area contributed by atoms with Crippen LogP contribution in [0.1, 0.15) is 98.4 Å². The van der Waals surface area contributed by atoms with E-state index in [1.165, 1.54) is 22.3 Å². The molecule has 0 aromatic carbocycles. The van der Waals surface area contributed by atoms with Crippen LogP contribution in [0.2, 0.25) is 0 Å². The first-order valence-electron chi connectivity index (χ1n) is 14.3. The number of nitrogens with zero attached hydrogens (tertiary/aromatic N) is 2. The number of H-pyrrole nitrogens is 2. The van der Waals surface area contributed by atoms with Crippen LogP contribution in [0.5, 0.6) is 0 Å². The van der Waals surface area contributed by atoms with Crippen molar-refractivity contribution in [1.82, 2.24) is 19.9 Å². The smallest absolute Gasteiger partial charge is 0.120 e. The quantitative estimate of drug-likeness (QED) is 0.288. The Morgan fingerprint density at radius 1 is 0.600 bits per heavy atom. The SMILES string of the molecule is CCC1=C(C)c2cc3[nH]c(cc4nc(cc5[nH]c(cc1n2)c(C)c5CCC=O)C(CCC=O)=C4C)c(C)c3CC. The summed E-state index contributed by atoms with van der Waals surface area (Å²) >= 11 is 0. The molecule has 0 spiro atoms. The predicted octanol–water partition coefficient (Wildman–Crippen LogP) is 7.88. The molecule has 2 aliphatic heterocycles. The molecule has 0 amide bonds. The van der Waals surface area contributed by atoms with E-state index in [0.717, 1.165) is 92.5 Å². The number of aryl methyl sites for hydroxylation is 4. The summed E-state index contributed by atoms with van der Waals surface area (Å²) in [5.74, 6) is 0. The van der Waals surface area contributed by atoms with Gasteiger partial charge in [-0.2, -0.15) is 0 Å². The Bertz CT molecular complexity index is 1750. The second kappa shape index (κ2) is 11.2. The van der Waals surface area contributed by atoms with Gasteiger partial charge in [0.05, 0.1) is 22.8 Å². The molecule has 5 rings (SSSR count). The Morgan fingerprint density at radius 2 is 1.07 bits per heavy atom. The van der Waals surface area contributed by atoms with Crippen molar-refractivity contribution in [2.75, 3.05) is 0 Å². The standard InChI is InChI=1S/C34H38N4O2/c1-7-23-19(3)27-15-28-21(5)25(11-9-13-39)33(37-28)18-34-26(12-10-14-40)22(6)30(38-34)17-32-24(8-2)20(4)29(36-32)16-31(23)35-27/h13-18,35,38H,7-12H2,1-6H3. The van der Waals surface area contributed by atoms with E-state index in [-0.39, 0.29) is 0 Å². The summed E-state index contributed by atoms with van der Waals surface area (Å²) in [5, 5.41) is 0. The number of hydrogen-bond acceptors (Lipinski definition) is 4. The van der Waals surface area contributed by atoms with Crippen molar-refractivity contribution in [2.24, 2.45) is 0 Å². The Morgan fingerprint density at radius 3 is 1.68 bits per heavy atom. The number of aromatic nitrogens is 4. The number of aldehydes is 2. The van der Waals surface area contributed by atoms with E-state index in [1.54, 1.807) is 0 Å². The first-order valence-corrected chi connectivity index (χ1v) is 14.3. The molecule has 0 unspecified atom stereocenters. The van der Waals surface area contributed by atoms with Gasteiger partial charge in [0.2, 0.25) is 0 Å². The van der Waals surface area contributed by atoms with Gasteiger partial charge in [-0.1, -0.05) is 13.8 Å². The van der Waals surface area contributed by atoms with Crippen LogP contribution < -0.4 is 0 Å². The van der Waals surface area contributed by atoms with Crippen molar-refractivity contribution in [3.8, 4) is 0 Å². The maximum atomic E-state index is 11.3. The summed E-state index contributed by atoms with van der Waals surface area (Å²) in [5.41, 5.74) is 17.1. The first-order chi connectivity index (χ1) is 19.3. The van der Waals surface area contributed by atoms with Gasteiger partial charge in [-0.25, -0.2) is 9.97 Å². The third-order valence-corrected chi connectivity index (χ3v) is 8.53. The van der Waals surface area contributed by atoms with Crippen LogP contribution in [0.3, 0.4) is 0 Å². The lowest BCUT2D eigenvalue weighted by Crippen LogP contribution is -1.89. The van der Waals surface area contributed by atoms with Gasteiger partial charge in [0.1, 0.15) is 12.6 Å². The third-order valence-electron chi connectivity index (χ3n) is 8.53. The van der Waals surface area contributed by atoms with E-state index in [0.29, 0.717) is 25.7 Å². The third kappa shape index (κ3) is 4.76.